The summed E-state index contributed by atoms with van der Waals surface area (Å²) >= 11 is 11.8. The van der Waals surface area contributed by atoms with E-state index in [9.17, 15) is 4.79 Å². The van der Waals surface area contributed by atoms with Gasteiger partial charge in [-0.25, -0.2) is 14.8 Å². The molecule has 2 aromatic rings. The van der Waals surface area contributed by atoms with Crippen LogP contribution in [0.1, 0.15) is 12.8 Å². The molecule has 0 radical (unpaired) electrons. The Morgan fingerprint density at radius 2 is 2.04 bits per heavy atom. The van der Waals surface area contributed by atoms with Crippen molar-refractivity contribution in [3.05, 3.63) is 40.6 Å². The highest BCUT2D eigenvalue weighted by atomic mass is 35.5. The Kier molecular flexibility index (Phi) is 6.00. The van der Waals surface area contributed by atoms with Crippen LogP contribution in [0.2, 0.25) is 10.0 Å². The number of likely N-dealkylation sites (tertiary alicyclic amines) is 1. The van der Waals surface area contributed by atoms with Crippen LogP contribution in [-0.2, 0) is 0 Å². The van der Waals surface area contributed by atoms with Gasteiger partial charge in [-0.05, 0) is 31.0 Å². The highest BCUT2D eigenvalue weighted by Crippen LogP contribution is 2.28. The second-order valence-electron chi connectivity index (χ2n) is 5.79. The summed E-state index contributed by atoms with van der Waals surface area (Å²) in [6.07, 6.45) is 4.40. The average molecular weight is 397 g/mol. The van der Waals surface area contributed by atoms with Crippen molar-refractivity contribution in [1.82, 2.24) is 14.9 Å². The summed E-state index contributed by atoms with van der Waals surface area (Å²) < 4.78 is 11.0. The van der Waals surface area contributed by atoms with Crippen molar-refractivity contribution in [2.24, 2.45) is 0 Å². The van der Waals surface area contributed by atoms with Crippen LogP contribution < -0.4 is 14.8 Å². The Morgan fingerprint density at radius 1 is 1.27 bits per heavy atom. The Bertz CT molecular complexity index is 773. The minimum absolute atomic E-state index is 0.183. The molecular formula is C17H18Cl2N4O3. The molecule has 1 fully saturated rings. The number of rotatable bonds is 4. The molecule has 1 aromatic heterocycles. The van der Waals surface area contributed by atoms with Crippen molar-refractivity contribution in [3.8, 4) is 11.8 Å². The number of benzene rings is 1. The number of aromatic nitrogens is 2. The predicted octanol–water partition coefficient (Wildman–Crippen LogP) is 3.87. The summed E-state index contributed by atoms with van der Waals surface area (Å²) in [5, 5.41) is 3.79. The van der Waals surface area contributed by atoms with Gasteiger partial charge in [-0.15, -0.1) is 0 Å². The maximum absolute atomic E-state index is 12.6. The van der Waals surface area contributed by atoms with Gasteiger partial charge in [0.1, 0.15) is 11.9 Å². The van der Waals surface area contributed by atoms with Crippen molar-refractivity contribution in [2.75, 3.05) is 25.5 Å². The zero-order valence-corrected chi connectivity index (χ0v) is 15.6. The number of carbonyl (C=O) groups excluding carboxylic acids is 1. The van der Waals surface area contributed by atoms with Crippen LogP contribution in [0.5, 0.6) is 11.8 Å². The lowest BCUT2D eigenvalue weighted by atomic mass is 10.1. The molecule has 1 atom stereocenters. The van der Waals surface area contributed by atoms with Crippen LogP contribution in [0.25, 0.3) is 0 Å². The van der Waals surface area contributed by atoms with Crippen LogP contribution in [0.3, 0.4) is 0 Å². The van der Waals surface area contributed by atoms with Crippen molar-refractivity contribution >= 4 is 34.9 Å². The first-order chi connectivity index (χ1) is 12.5. The number of halogens is 2. The molecular weight excluding hydrogens is 379 g/mol. The molecule has 0 saturated carbocycles. The van der Waals surface area contributed by atoms with Crippen molar-refractivity contribution < 1.29 is 14.3 Å². The smallest absolute Gasteiger partial charge is 0.322 e. The number of amides is 2. The molecule has 7 nitrogen and oxygen atoms in total. The van der Waals surface area contributed by atoms with Crippen LogP contribution in [0.4, 0.5) is 10.5 Å². The fourth-order valence-corrected chi connectivity index (χ4v) is 2.97. The first-order valence-electron chi connectivity index (χ1n) is 8.09. The third-order valence-corrected chi connectivity index (χ3v) is 4.37. The van der Waals surface area contributed by atoms with Gasteiger partial charge in [-0.2, -0.15) is 0 Å². The van der Waals surface area contributed by atoms with Gasteiger partial charge in [-0.3, -0.25) is 0 Å². The molecule has 2 amide bonds. The molecule has 2 heterocycles. The molecule has 1 aliphatic heterocycles. The number of ether oxygens (including phenoxy) is 2. The summed E-state index contributed by atoms with van der Waals surface area (Å²) in [5.41, 5.74) is 0.522. The quantitative estimate of drug-likeness (QED) is 0.848. The van der Waals surface area contributed by atoms with Crippen molar-refractivity contribution in [2.45, 2.75) is 18.9 Å². The van der Waals surface area contributed by atoms with E-state index >= 15 is 0 Å². The molecule has 0 unspecified atom stereocenters. The van der Waals surface area contributed by atoms with Gasteiger partial charge in [0, 0.05) is 11.6 Å². The van der Waals surface area contributed by atoms with Gasteiger partial charge < -0.3 is 19.7 Å². The number of carbonyl (C=O) groups is 1. The van der Waals surface area contributed by atoms with Crippen LogP contribution >= 0.6 is 23.2 Å². The molecule has 0 aliphatic carbocycles. The van der Waals surface area contributed by atoms with Gasteiger partial charge in [0.05, 0.1) is 36.8 Å². The van der Waals surface area contributed by atoms with Crippen molar-refractivity contribution in [3.63, 3.8) is 0 Å². The molecule has 138 valence electrons. The lowest BCUT2D eigenvalue weighted by Crippen LogP contribution is -2.46. The monoisotopic (exact) mass is 396 g/mol. The Morgan fingerprint density at radius 3 is 2.77 bits per heavy atom. The van der Waals surface area contributed by atoms with Crippen molar-refractivity contribution in [1.29, 1.82) is 0 Å². The van der Waals surface area contributed by atoms with E-state index in [-0.39, 0.29) is 18.1 Å². The topological polar surface area (TPSA) is 76.6 Å². The maximum Gasteiger partial charge on any atom is 0.322 e. The third-order valence-electron chi connectivity index (χ3n) is 3.94. The number of nitrogens with zero attached hydrogens (tertiary/aromatic N) is 3. The van der Waals surface area contributed by atoms with E-state index in [1.54, 1.807) is 23.1 Å². The minimum atomic E-state index is -0.240. The second kappa shape index (κ2) is 8.42. The van der Waals surface area contributed by atoms with Gasteiger partial charge in [0.2, 0.25) is 0 Å². The summed E-state index contributed by atoms with van der Waals surface area (Å²) in [6, 6.07) is 5.07. The largest absolute Gasteiger partial charge is 0.495 e. The normalized spacial score (nSPS) is 16.9. The summed E-state index contributed by atoms with van der Waals surface area (Å²) in [5.74, 6) is 0.544. The fourth-order valence-electron chi connectivity index (χ4n) is 2.70. The number of urea groups is 1. The van der Waals surface area contributed by atoms with E-state index < -0.39 is 0 Å². The average Bonchev–Trinajstić information content (AvgIpc) is 2.64. The number of methoxy groups -OCH3 is 1. The number of hydrogen-bond acceptors (Lipinski definition) is 5. The van der Waals surface area contributed by atoms with E-state index in [0.29, 0.717) is 34.6 Å². The number of nitrogens with one attached hydrogen (secondary N) is 1. The van der Waals surface area contributed by atoms with E-state index in [0.717, 1.165) is 12.8 Å². The highest BCUT2D eigenvalue weighted by Gasteiger charge is 2.26. The molecule has 0 spiro atoms. The van der Waals surface area contributed by atoms with Crippen LogP contribution in [0.15, 0.2) is 30.6 Å². The van der Waals surface area contributed by atoms with E-state index in [1.165, 1.54) is 19.5 Å². The lowest BCUT2D eigenvalue weighted by Gasteiger charge is -2.32. The zero-order chi connectivity index (χ0) is 18.5. The summed E-state index contributed by atoms with van der Waals surface area (Å²) in [4.78, 5) is 22.3. The highest BCUT2D eigenvalue weighted by molar-refractivity contribution is 6.31. The van der Waals surface area contributed by atoms with Gasteiger partial charge in [0.25, 0.3) is 0 Å². The molecule has 0 bridgehead atoms. The van der Waals surface area contributed by atoms with Crippen LogP contribution in [0, 0.1) is 0 Å². The maximum atomic E-state index is 12.6. The SMILES string of the molecule is COc1ccc(Cl)cc1NC(=O)N1CCC[C@H](Oc2ncc(Cl)cn2)C1. The molecule has 3 rings (SSSR count). The van der Waals surface area contributed by atoms with Crippen LogP contribution in [-0.4, -0.2) is 47.2 Å². The van der Waals surface area contributed by atoms with E-state index in [4.69, 9.17) is 32.7 Å². The molecule has 1 N–H and O–H groups in total. The fraction of sp³-hybridized carbons (Fsp3) is 0.353. The second-order valence-corrected chi connectivity index (χ2v) is 6.66. The van der Waals surface area contributed by atoms with E-state index in [2.05, 4.69) is 15.3 Å². The van der Waals surface area contributed by atoms with Gasteiger partial charge in [-0.1, -0.05) is 23.2 Å². The molecule has 1 saturated heterocycles. The number of hydrogen-bond donors (Lipinski definition) is 1. The number of piperidine rings is 1. The molecule has 1 aliphatic rings. The zero-order valence-electron chi connectivity index (χ0n) is 14.1. The summed E-state index contributed by atoms with van der Waals surface area (Å²) in [7, 11) is 1.54. The number of anilines is 1. The first-order valence-corrected chi connectivity index (χ1v) is 8.84. The van der Waals surface area contributed by atoms with Gasteiger partial charge in [0.15, 0.2) is 0 Å². The Labute approximate surface area is 161 Å². The lowest BCUT2D eigenvalue weighted by molar-refractivity contribution is 0.0983. The predicted molar refractivity (Wildman–Crippen MR) is 99.3 cm³/mol. The molecule has 9 heteroatoms. The third kappa shape index (κ3) is 4.68. The molecule has 1 aromatic carbocycles. The Balaban J connectivity index is 1.62. The molecule has 26 heavy (non-hydrogen) atoms. The summed E-state index contributed by atoms with van der Waals surface area (Å²) in [6.45, 7) is 1.07. The van der Waals surface area contributed by atoms with Gasteiger partial charge >= 0.3 is 12.0 Å². The standard InChI is InChI=1S/C17H18Cl2N4O3/c1-25-15-5-4-11(18)7-14(15)22-17(24)23-6-2-3-13(10-23)26-16-20-8-12(19)9-21-16/h4-5,7-9,13H,2-3,6,10H2,1H3,(H,22,24)/t13-/m0/s1. The first kappa shape index (κ1) is 18.5. The van der Waals surface area contributed by atoms with E-state index in [1.807, 2.05) is 0 Å². The minimum Gasteiger partial charge on any atom is -0.495 e. The Hall–Kier alpha value is -2.25.